The Morgan fingerprint density at radius 1 is 0.964 bits per heavy atom. The van der Waals surface area contributed by atoms with Crippen LogP contribution in [0.2, 0.25) is 0 Å². The second-order valence-electron chi connectivity index (χ2n) is 6.74. The van der Waals surface area contributed by atoms with Gasteiger partial charge in [-0.3, -0.25) is 4.79 Å². The maximum absolute atomic E-state index is 12.1. The van der Waals surface area contributed by atoms with Gasteiger partial charge in [-0.05, 0) is 53.6 Å². The van der Waals surface area contributed by atoms with Crippen molar-refractivity contribution < 1.29 is 9.21 Å². The minimum absolute atomic E-state index is 0.441. The van der Waals surface area contributed by atoms with E-state index in [9.17, 15) is 4.79 Å². The standard InChI is InChI=1S/C24H17N2O2/c25-24(27)20-9-4-10-21-23(20)19-12-11-17(16-6-2-1-3-7-16)14-22(19)26(21)15-18-8-5-13-28-18/h1-11,13-14H,15H2,(H2,25,27). The van der Waals surface area contributed by atoms with E-state index in [4.69, 9.17) is 10.2 Å². The van der Waals surface area contributed by atoms with E-state index in [0.29, 0.717) is 12.1 Å². The molecule has 4 nitrogen and oxygen atoms in total. The summed E-state index contributed by atoms with van der Waals surface area (Å²) in [6.07, 6.45) is 1.67. The number of amides is 1. The van der Waals surface area contributed by atoms with Gasteiger partial charge in [-0.1, -0.05) is 36.4 Å². The number of fused-ring (bicyclic) bond motifs is 3. The molecule has 3 aromatic carbocycles. The van der Waals surface area contributed by atoms with Gasteiger partial charge in [0.15, 0.2) is 0 Å². The Hall–Kier alpha value is -3.79. The van der Waals surface area contributed by atoms with Gasteiger partial charge in [0.25, 0.3) is 0 Å². The molecule has 2 N–H and O–H groups in total. The first-order valence-electron chi connectivity index (χ1n) is 9.06. The first-order chi connectivity index (χ1) is 13.7. The molecule has 0 saturated heterocycles. The molecule has 2 heterocycles. The second kappa shape index (κ2) is 6.43. The van der Waals surface area contributed by atoms with Crippen molar-refractivity contribution in [2.24, 2.45) is 5.73 Å². The van der Waals surface area contributed by atoms with Crippen LogP contribution in [0.1, 0.15) is 16.1 Å². The van der Waals surface area contributed by atoms with Crippen molar-refractivity contribution in [2.45, 2.75) is 6.54 Å². The summed E-state index contributed by atoms with van der Waals surface area (Å²) in [5.74, 6) is 0.400. The molecule has 0 fully saturated rings. The molecule has 1 radical (unpaired) electrons. The molecular weight excluding hydrogens is 348 g/mol. The number of furan rings is 1. The third-order valence-electron chi connectivity index (χ3n) is 5.06. The monoisotopic (exact) mass is 365 g/mol. The molecule has 135 valence electrons. The molecule has 5 aromatic rings. The Morgan fingerprint density at radius 3 is 2.57 bits per heavy atom. The van der Waals surface area contributed by atoms with Gasteiger partial charge in [0, 0.05) is 16.3 Å². The third-order valence-corrected chi connectivity index (χ3v) is 5.06. The molecule has 0 bridgehead atoms. The van der Waals surface area contributed by atoms with Gasteiger partial charge in [0.05, 0.1) is 23.8 Å². The summed E-state index contributed by atoms with van der Waals surface area (Å²) in [6.45, 7) is 0.557. The van der Waals surface area contributed by atoms with E-state index in [-0.39, 0.29) is 0 Å². The zero-order valence-corrected chi connectivity index (χ0v) is 15.1. The zero-order valence-electron chi connectivity index (χ0n) is 15.1. The quantitative estimate of drug-likeness (QED) is 0.487. The molecule has 28 heavy (non-hydrogen) atoms. The number of rotatable bonds is 4. The van der Waals surface area contributed by atoms with Crippen LogP contribution in [0.3, 0.4) is 0 Å². The predicted molar refractivity (Wildman–Crippen MR) is 110 cm³/mol. The Bertz CT molecular complexity index is 1300. The van der Waals surface area contributed by atoms with Crippen molar-refractivity contribution >= 4 is 27.7 Å². The first-order valence-corrected chi connectivity index (χ1v) is 9.06. The van der Waals surface area contributed by atoms with E-state index in [1.54, 1.807) is 12.3 Å². The second-order valence-corrected chi connectivity index (χ2v) is 6.74. The summed E-state index contributed by atoms with van der Waals surface area (Å²) < 4.78 is 7.73. The highest BCUT2D eigenvalue weighted by molar-refractivity contribution is 6.18. The number of primary amides is 1. The summed E-state index contributed by atoms with van der Waals surface area (Å²) in [6, 6.07) is 27.1. The molecule has 2 aromatic heterocycles. The lowest BCUT2D eigenvalue weighted by molar-refractivity contribution is 0.100. The molecule has 0 atom stereocenters. The van der Waals surface area contributed by atoms with Crippen molar-refractivity contribution in [1.82, 2.24) is 4.57 Å². The van der Waals surface area contributed by atoms with Crippen LogP contribution in [0.25, 0.3) is 32.9 Å². The van der Waals surface area contributed by atoms with E-state index in [2.05, 4.69) is 28.8 Å². The molecule has 1 amide bonds. The van der Waals surface area contributed by atoms with Gasteiger partial charge in [0.2, 0.25) is 5.91 Å². The van der Waals surface area contributed by atoms with Crippen LogP contribution in [0.15, 0.2) is 83.5 Å². The van der Waals surface area contributed by atoms with E-state index in [0.717, 1.165) is 38.7 Å². The highest BCUT2D eigenvalue weighted by Crippen LogP contribution is 2.34. The Kier molecular flexibility index (Phi) is 3.76. The van der Waals surface area contributed by atoms with Crippen LogP contribution in [-0.2, 0) is 6.54 Å². The van der Waals surface area contributed by atoms with Gasteiger partial charge in [-0.15, -0.1) is 0 Å². The molecule has 0 aliphatic heterocycles. The maximum Gasteiger partial charge on any atom is 0.249 e. The maximum atomic E-state index is 12.1. The number of benzene rings is 3. The van der Waals surface area contributed by atoms with Crippen LogP contribution in [-0.4, -0.2) is 10.5 Å². The number of hydrogen-bond acceptors (Lipinski definition) is 2. The number of aromatic nitrogens is 1. The summed E-state index contributed by atoms with van der Waals surface area (Å²) in [5, 5.41) is 1.71. The van der Waals surface area contributed by atoms with Crippen molar-refractivity contribution in [2.75, 3.05) is 0 Å². The van der Waals surface area contributed by atoms with Crippen molar-refractivity contribution in [3.8, 4) is 11.1 Å². The van der Waals surface area contributed by atoms with E-state index >= 15 is 0 Å². The van der Waals surface area contributed by atoms with Gasteiger partial charge in [-0.25, -0.2) is 0 Å². The lowest BCUT2D eigenvalue weighted by Crippen LogP contribution is -2.11. The SMILES string of the molecule is NC(=O)c1cccc2c1c1[c]cc(-c3ccccc3)cc1n2Cc1ccco1. The average molecular weight is 365 g/mol. The molecule has 0 aliphatic carbocycles. The van der Waals surface area contributed by atoms with Crippen LogP contribution < -0.4 is 5.73 Å². The summed E-state index contributed by atoms with van der Waals surface area (Å²) in [4.78, 5) is 12.1. The Morgan fingerprint density at radius 2 is 1.82 bits per heavy atom. The van der Waals surface area contributed by atoms with Gasteiger partial charge in [-0.2, -0.15) is 0 Å². The molecule has 0 spiro atoms. The van der Waals surface area contributed by atoms with E-state index in [1.165, 1.54) is 0 Å². The number of carbonyl (C=O) groups is 1. The van der Waals surface area contributed by atoms with E-state index in [1.807, 2.05) is 48.5 Å². The van der Waals surface area contributed by atoms with Gasteiger partial charge < -0.3 is 14.7 Å². The van der Waals surface area contributed by atoms with Crippen LogP contribution in [0, 0.1) is 6.07 Å². The number of carbonyl (C=O) groups excluding carboxylic acids is 1. The van der Waals surface area contributed by atoms with Crippen LogP contribution in [0.5, 0.6) is 0 Å². The Labute approximate surface area is 161 Å². The highest BCUT2D eigenvalue weighted by atomic mass is 16.3. The number of hydrogen-bond donors (Lipinski definition) is 1. The summed E-state index contributed by atoms with van der Waals surface area (Å²) in [7, 11) is 0. The lowest BCUT2D eigenvalue weighted by atomic mass is 10.0. The third kappa shape index (κ3) is 2.58. The van der Waals surface area contributed by atoms with Crippen molar-refractivity contribution in [1.29, 1.82) is 0 Å². The highest BCUT2D eigenvalue weighted by Gasteiger charge is 2.18. The van der Waals surface area contributed by atoms with Gasteiger partial charge in [0.1, 0.15) is 5.76 Å². The fourth-order valence-corrected chi connectivity index (χ4v) is 3.79. The average Bonchev–Trinajstić information content (AvgIpc) is 3.35. The largest absolute Gasteiger partial charge is 0.467 e. The van der Waals surface area contributed by atoms with Crippen molar-refractivity contribution in [3.63, 3.8) is 0 Å². The molecule has 5 rings (SSSR count). The van der Waals surface area contributed by atoms with Gasteiger partial charge >= 0.3 is 0 Å². The molecular formula is C24H17N2O2. The first kappa shape index (κ1) is 16.4. The zero-order chi connectivity index (χ0) is 19.1. The number of nitrogens with zero attached hydrogens (tertiary/aromatic N) is 1. The Balaban J connectivity index is 1.84. The smallest absolute Gasteiger partial charge is 0.249 e. The van der Waals surface area contributed by atoms with Crippen LogP contribution >= 0.6 is 0 Å². The predicted octanol–water partition coefficient (Wildman–Crippen LogP) is 5.00. The van der Waals surface area contributed by atoms with Crippen LogP contribution in [0.4, 0.5) is 0 Å². The number of nitrogens with two attached hydrogens (primary N) is 1. The molecule has 0 aliphatic rings. The fraction of sp³-hybridized carbons (Fsp3) is 0.0417. The van der Waals surface area contributed by atoms with E-state index < -0.39 is 5.91 Å². The van der Waals surface area contributed by atoms with Crippen molar-refractivity contribution in [3.05, 3.63) is 96.4 Å². The molecule has 0 saturated carbocycles. The molecule has 0 unspecified atom stereocenters. The minimum atomic E-state index is -0.441. The molecule has 4 heteroatoms. The minimum Gasteiger partial charge on any atom is -0.467 e. The normalized spacial score (nSPS) is 11.3. The summed E-state index contributed by atoms with van der Waals surface area (Å²) >= 11 is 0. The summed E-state index contributed by atoms with van der Waals surface area (Å²) in [5.41, 5.74) is 10.3. The fourth-order valence-electron chi connectivity index (χ4n) is 3.79. The topological polar surface area (TPSA) is 61.2 Å². The lowest BCUT2D eigenvalue weighted by Gasteiger charge is -2.07.